The Morgan fingerprint density at radius 2 is 1.82 bits per heavy atom. The number of anilines is 1. The normalized spacial score (nSPS) is 29.7. The van der Waals surface area contributed by atoms with Gasteiger partial charge in [0.2, 0.25) is 0 Å². The number of rotatable bonds is 4. The zero-order valence-electron chi connectivity index (χ0n) is 18.0. The Bertz CT molecular complexity index is 1190. The van der Waals surface area contributed by atoms with Crippen molar-refractivity contribution in [3.63, 3.8) is 0 Å². The van der Waals surface area contributed by atoms with Gasteiger partial charge in [0.25, 0.3) is 0 Å². The molecule has 2 aromatic rings. The molecule has 1 aromatic carbocycles. The lowest BCUT2D eigenvalue weighted by Gasteiger charge is -2.73. The minimum absolute atomic E-state index is 0.0721. The standard InChI is InChI=1S/C21H22F6N4O2S/c1-18-9-19(10-18,11-18)17-8-30(34(32,33)21(25,26)27)6-13-4-14(20(22,23)24)2-3-16(13)31(17)7-15-5-28-12-29-15/h2-5,12,17H,6-11H2,1H3,(H,28,29)/t17-,18?,19?/m1/s1. The molecule has 1 N–H and O–H groups in total. The Morgan fingerprint density at radius 3 is 2.35 bits per heavy atom. The van der Waals surface area contributed by atoms with Crippen LogP contribution in [-0.2, 0) is 29.3 Å². The second-order valence-corrected chi connectivity index (χ2v) is 11.9. The highest BCUT2D eigenvalue weighted by Crippen LogP contribution is 2.75. The molecule has 186 valence electrons. The van der Waals surface area contributed by atoms with Crippen LogP contribution in [0.4, 0.5) is 32.0 Å². The van der Waals surface area contributed by atoms with Gasteiger partial charge in [-0.05, 0) is 53.9 Å². The first-order chi connectivity index (χ1) is 15.6. The number of sulfonamides is 1. The summed E-state index contributed by atoms with van der Waals surface area (Å²) in [6.45, 7) is 0.937. The number of aromatic amines is 1. The van der Waals surface area contributed by atoms with Crippen LogP contribution in [0.2, 0.25) is 0 Å². The number of hydrogen-bond donors (Lipinski definition) is 1. The van der Waals surface area contributed by atoms with Crippen molar-refractivity contribution in [2.24, 2.45) is 10.8 Å². The second-order valence-electron chi connectivity index (χ2n) is 10.0. The van der Waals surface area contributed by atoms with Crippen LogP contribution in [0.5, 0.6) is 0 Å². The molecule has 34 heavy (non-hydrogen) atoms. The molecule has 6 rings (SSSR count). The average molecular weight is 508 g/mol. The van der Waals surface area contributed by atoms with E-state index in [0.717, 1.165) is 31.4 Å². The summed E-state index contributed by atoms with van der Waals surface area (Å²) in [5.74, 6) is 0. The molecule has 2 bridgehead atoms. The van der Waals surface area contributed by atoms with E-state index < -0.39 is 51.8 Å². The lowest BCUT2D eigenvalue weighted by atomic mass is 9.33. The van der Waals surface area contributed by atoms with Crippen LogP contribution in [0.15, 0.2) is 30.7 Å². The van der Waals surface area contributed by atoms with Crippen molar-refractivity contribution in [2.45, 2.75) is 57.0 Å². The number of halogens is 6. The smallest absolute Gasteiger partial charge is 0.361 e. The number of fused-ring (bicyclic) bond motifs is 1. The Balaban J connectivity index is 1.65. The summed E-state index contributed by atoms with van der Waals surface area (Å²) in [5, 5.41) is 0. The predicted octanol–water partition coefficient (Wildman–Crippen LogP) is 4.66. The van der Waals surface area contributed by atoms with Crippen LogP contribution in [-0.4, -0.2) is 40.8 Å². The molecule has 1 aliphatic heterocycles. The highest BCUT2D eigenvalue weighted by molar-refractivity contribution is 7.89. The van der Waals surface area contributed by atoms with E-state index in [4.69, 9.17) is 0 Å². The van der Waals surface area contributed by atoms with Crippen LogP contribution in [0.1, 0.15) is 43.0 Å². The SMILES string of the molecule is CC12CC([C@H]3CN(S(=O)(=O)C(F)(F)F)Cc4cc(C(F)(F)F)ccc4N3Cc3cnc[nH]3)(C1)C2. The van der Waals surface area contributed by atoms with E-state index in [0.29, 0.717) is 15.7 Å². The number of nitrogens with zero attached hydrogens (tertiary/aromatic N) is 3. The maximum absolute atomic E-state index is 13.6. The molecular weight excluding hydrogens is 486 g/mol. The van der Waals surface area contributed by atoms with Gasteiger partial charge in [-0.25, -0.2) is 13.4 Å². The van der Waals surface area contributed by atoms with E-state index in [2.05, 4.69) is 16.9 Å². The lowest BCUT2D eigenvalue weighted by molar-refractivity contribution is -0.206. The molecule has 0 saturated heterocycles. The summed E-state index contributed by atoms with van der Waals surface area (Å²) in [7, 11) is -5.77. The van der Waals surface area contributed by atoms with Gasteiger partial charge in [0.15, 0.2) is 0 Å². The number of imidazole rings is 1. The van der Waals surface area contributed by atoms with Crippen LogP contribution in [0.3, 0.4) is 0 Å². The van der Waals surface area contributed by atoms with Crippen molar-refractivity contribution in [1.82, 2.24) is 14.3 Å². The van der Waals surface area contributed by atoms with Crippen molar-refractivity contribution in [3.05, 3.63) is 47.5 Å². The highest BCUT2D eigenvalue weighted by Gasteiger charge is 2.69. The first-order valence-electron chi connectivity index (χ1n) is 10.6. The first kappa shape index (κ1) is 23.5. The molecular formula is C21H22F6N4O2S. The molecule has 3 fully saturated rings. The molecule has 0 radical (unpaired) electrons. The van der Waals surface area contributed by atoms with Gasteiger partial charge >= 0.3 is 21.7 Å². The highest BCUT2D eigenvalue weighted by atomic mass is 32.2. The summed E-state index contributed by atoms with van der Waals surface area (Å²) >= 11 is 0. The van der Waals surface area contributed by atoms with E-state index >= 15 is 0 Å². The molecule has 1 atom stereocenters. The molecule has 0 amide bonds. The minimum Gasteiger partial charge on any atom is -0.361 e. The molecule has 1 aromatic heterocycles. The zero-order valence-corrected chi connectivity index (χ0v) is 18.9. The summed E-state index contributed by atoms with van der Waals surface area (Å²) in [6, 6.07) is 2.22. The predicted molar refractivity (Wildman–Crippen MR) is 110 cm³/mol. The van der Waals surface area contributed by atoms with Gasteiger partial charge in [-0.2, -0.15) is 30.6 Å². The van der Waals surface area contributed by atoms with Crippen LogP contribution in [0, 0.1) is 10.8 Å². The Hall–Kier alpha value is -2.28. The van der Waals surface area contributed by atoms with Gasteiger partial charge in [-0.1, -0.05) is 6.92 Å². The van der Waals surface area contributed by atoms with E-state index in [-0.39, 0.29) is 17.5 Å². The van der Waals surface area contributed by atoms with Gasteiger partial charge in [0.05, 0.1) is 24.1 Å². The molecule has 3 aliphatic carbocycles. The van der Waals surface area contributed by atoms with Crippen LogP contribution >= 0.6 is 0 Å². The number of aromatic nitrogens is 2. The Kier molecular flexibility index (Phi) is 4.92. The second kappa shape index (κ2) is 7.12. The van der Waals surface area contributed by atoms with E-state index in [1.165, 1.54) is 18.6 Å². The monoisotopic (exact) mass is 508 g/mol. The van der Waals surface area contributed by atoms with Crippen molar-refractivity contribution >= 4 is 15.7 Å². The van der Waals surface area contributed by atoms with E-state index in [1.807, 2.05) is 0 Å². The third-order valence-electron chi connectivity index (χ3n) is 7.39. The van der Waals surface area contributed by atoms with Crippen LogP contribution < -0.4 is 4.90 Å². The molecule has 3 saturated carbocycles. The van der Waals surface area contributed by atoms with Gasteiger partial charge < -0.3 is 9.88 Å². The average Bonchev–Trinajstić information content (AvgIpc) is 3.12. The molecule has 6 nitrogen and oxygen atoms in total. The molecule has 0 unspecified atom stereocenters. The summed E-state index contributed by atoms with van der Waals surface area (Å²) < 4.78 is 106. The van der Waals surface area contributed by atoms with Gasteiger partial charge in [0.1, 0.15) is 0 Å². The largest absolute Gasteiger partial charge is 0.511 e. The Morgan fingerprint density at radius 1 is 1.15 bits per heavy atom. The maximum Gasteiger partial charge on any atom is 0.511 e. The van der Waals surface area contributed by atoms with Crippen LogP contribution in [0.25, 0.3) is 0 Å². The van der Waals surface area contributed by atoms with Gasteiger partial charge in [0, 0.05) is 31.0 Å². The fourth-order valence-electron chi connectivity index (χ4n) is 6.23. The third-order valence-corrected chi connectivity index (χ3v) is 8.93. The van der Waals surface area contributed by atoms with Gasteiger partial charge in [-0.15, -0.1) is 0 Å². The quantitative estimate of drug-likeness (QED) is 0.611. The number of H-pyrrole nitrogens is 1. The fraction of sp³-hybridized carbons (Fsp3) is 0.571. The molecule has 2 heterocycles. The molecule has 4 aliphatic rings. The first-order valence-corrected chi connectivity index (χ1v) is 12.1. The molecule has 13 heteroatoms. The van der Waals surface area contributed by atoms with Crippen molar-refractivity contribution < 1.29 is 34.8 Å². The summed E-state index contributed by atoms with van der Waals surface area (Å²) in [4.78, 5) is 8.63. The summed E-state index contributed by atoms with van der Waals surface area (Å²) in [5.41, 5.74) is -6.16. The van der Waals surface area contributed by atoms with Gasteiger partial charge in [-0.3, -0.25) is 0 Å². The maximum atomic E-state index is 13.6. The van der Waals surface area contributed by atoms with Crippen molar-refractivity contribution in [1.29, 1.82) is 0 Å². The molecule has 0 spiro atoms. The van der Waals surface area contributed by atoms with E-state index in [1.54, 1.807) is 4.90 Å². The number of hydrogen-bond acceptors (Lipinski definition) is 4. The third kappa shape index (κ3) is 3.58. The number of benzene rings is 1. The van der Waals surface area contributed by atoms with Crippen molar-refractivity contribution in [3.8, 4) is 0 Å². The number of alkyl halides is 6. The zero-order chi connectivity index (χ0) is 24.7. The van der Waals surface area contributed by atoms with Crippen molar-refractivity contribution in [2.75, 3.05) is 11.4 Å². The number of nitrogens with one attached hydrogen (secondary N) is 1. The lowest BCUT2D eigenvalue weighted by Crippen LogP contribution is -2.70. The fourth-order valence-corrected chi connectivity index (χ4v) is 7.17. The topological polar surface area (TPSA) is 69.3 Å². The summed E-state index contributed by atoms with van der Waals surface area (Å²) in [6.07, 6.45) is 0.392. The Labute approximate surface area is 192 Å². The van der Waals surface area contributed by atoms with E-state index in [9.17, 15) is 34.8 Å². The minimum atomic E-state index is -5.77.